The van der Waals surface area contributed by atoms with E-state index in [1.54, 1.807) is 14.2 Å². The molecular weight excluding hydrogens is 360 g/mol. The first-order chi connectivity index (χ1) is 13.1. The van der Waals surface area contributed by atoms with Gasteiger partial charge in [-0.2, -0.15) is 0 Å². The van der Waals surface area contributed by atoms with Gasteiger partial charge in [-0.05, 0) is 36.8 Å². The third-order valence-corrected chi connectivity index (χ3v) is 5.39. The zero-order chi connectivity index (χ0) is 19.2. The number of nitrogens with one attached hydrogen (secondary N) is 1. The summed E-state index contributed by atoms with van der Waals surface area (Å²) in [7, 11) is 3.28. The van der Waals surface area contributed by atoms with E-state index in [4.69, 9.17) is 9.47 Å². The van der Waals surface area contributed by atoms with Gasteiger partial charge < -0.3 is 14.8 Å². The minimum absolute atomic E-state index is 0.0239. The van der Waals surface area contributed by atoms with E-state index >= 15 is 0 Å². The Kier molecular flexibility index (Phi) is 6.08. The number of aromatic nitrogens is 1. The van der Waals surface area contributed by atoms with Crippen molar-refractivity contribution in [2.24, 2.45) is 0 Å². The fraction of sp³-hybridized carbons (Fsp3) is 0.238. The molecule has 1 heterocycles. The number of thiazole rings is 1. The molecule has 3 aromatic rings. The Labute approximate surface area is 163 Å². The number of amides is 1. The third-order valence-electron chi connectivity index (χ3n) is 4.20. The number of carbonyl (C=O) groups excluding carboxylic acids is 1. The topological polar surface area (TPSA) is 60.5 Å². The van der Waals surface area contributed by atoms with Gasteiger partial charge in [0.05, 0.1) is 31.9 Å². The predicted molar refractivity (Wildman–Crippen MR) is 107 cm³/mol. The molecule has 0 saturated heterocycles. The second kappa shape index (κ2) is 8.68. The maximum absolute atomic E-state index is 12.3. The molecule has 0 radical (unpaired) electrons. The normalized spacial score (nSPS) is 10.5. The molecule has 0 aliphatic rings. The molecule has 2 aromatic carbocycles. The molecule has 0 bridgehead atoms. The summed E-state index contributed by atoms with van der Waals surface area (Å²) in [5.41, 5.74) is 2.85. The van der Waals surface area contributed by atoms with Crippen LogP contribution in [0.15, 0.2) is 48.5 Å². The van der Waals surface area contributed by atoms with Crippen molar-refractivity contribution in [2.75, 3.05) is 14.2 Å². The molecule has 6 heteroatoms. The summed E-state index contributed by atoms with van der Waals surface area (Å²) in [6, 6.07) is 15.4. The van der Waals surface area contributed by atoms with Gasteiger partial charge in [-0.1, -0.05) is 24.3 Å². The van der Waals surface area contributed by atoms with Crippen molar-refractivity contribution in [3.8, 4) is 22.1 Å². The van der Waals surface area contributed by atoms with Crippen LogP contribution in [-0.4, -0.2) is 25.1 Å². The number of nitrogens with zero attached hydrogens (tertiary/aromatic N) is 1. The van der Waals surface area contributed by atoms with Crippen LogP contribution in [0.4, 0.5) is 0 Å². The summed E-state index contributed by atoms with van der Waals surface area (Å²) in [4.78, 5) is 17.9. The lowest BCUT2D eigenvalue weighted by molar-refractivity contribution is -0.120. The number of ether oxygens (including phenoxy) is 2. The number of hydrogen-bond acceptors (Lipinski definition) is 5. The van der Waals surface area contributed by atoms with Crippen molar-refractivity contribution in [3.63, 3.8) is 0 Å². The van der Waals surface area contributed by atoms with E-state index in [-0.39, 0.29) is 5.91 Å². The van der Waals surface area contributed by atoms with Gasteiger partial charge in [0.15, 0.2) is 0 Å². The van der Waals surface area contributed by atoms with E-state index in [2.05, 4.69) is 10.3 Å². The van der Waals surface area contributed by atoms with Crippen LogP contribution in [0.1, 0.15) is 16.1 Å². The Hall–Kier alpha value is -2.86. The average molecular weight is 382 g/mol. The Morgan fingerprint density at radius 1 is 1.07 bits per heavy atom. The van der Waals surface area contributed by atoms with Gasteiger partial charge in [0.2, 0.25) is 5.91 Å². The molecule has 0 aliphatic heterocycles. The fourth-order valence-corrected chi connectivity index (χ4v) is 3.77. The van der Waals surface area contributed by atoms with Crippen LogP contribution in [-0.2, 0) is 17.8 Å². The molecule has 0 unspecified atom stereocenters. The lowest BCUT2D eigenvalue weighted by Gasteiger charge is -2.06. The van der Waals surface area contributed by atoms with Gasteiger partial charge in [-0.3, -0.25) is 4.79 Å². The lowest BCUT2D eigenvalue weighted by atomic mass is 10.2. The number of rotatable bonds is 7. The molecule has 0 saturated carbocycles. The summed E-state index contributed by atoms with van der Waals surface area (Å²) in [5.74, 6) is 1.56. The highest BCUT2D eigenvalue weighted by atomic mass is 32.1. The fourth-order valence-electron chi connectivity index (χ4n) is 2.68. The maximum Gasteiger partial charge on any atom is 0.225 e. The van der Waals surface area contributed by atoms with Gasteiger partial charge in [0.1, 0.15) is 16.5 Å². The van der Waals surface area contributed by atoms with Crippen molar-refractivity contribution in [1.29, 1.82) is 0 Å². The zero-order valence-electron chi connectivity index (χ0n) is 15.6. The molecule has 0 fully saturated rings. The highest BCUT2D eigenvalue weighted by molar-refractivity contribution is 7.15. The lowest BCUT2D eigenvalue weighted by Crippen LogP contribution is -2.24. The molecule has 1 aromatic heterocycles. The molecule has 0 spiro atoms. The first-order valence-electron chi connectivity index (χ1n) is 8.60. The van der Waals surface area contributed by atoms with Crippen LogP contribution < -0.4 is 14.8 Å². The summed E-state index contributed by atoms with van der Waals surface area (Å²) >= 11 is 1.53. The maximum atomic E-state index is 12.3. The van der Waals surface area contributed by atoms with Gasteiger partial charge in [-0.25, -0.2) is 4.98 Å². The Morgan fingerprint density at radius 3 is 2.52 bits per heavy atom. The Bertz CT molecular complexity index is 919. The van der Waals surface area contributed by atoms with Crippen LogP contribution in [0.3, 0.4) is 0 Å². The van der Waals surface area contributed by atoms with E-state index in [0.29, 0.717) is 13.0 Å². The standard InChI is InChI=1S/C21H22N2O3S/c1-14-19(27-21(23-14)17-6-4-5-7-18(17)26-3)12-20(24)22-13-15-8-10-16(25-2)11-9-15/h4-11H,12-13H2,1-3H3,(H,22,24). The monoisotopic (exact) mass is 382 g/mol. The molecule has 1 N–H and O–H groups in total. The molecule has 0 atom stereocenters. The largest absolute Gasteiger partial charge is 0.497 e. The predicted octanol–water partition coefficient (Wildman–Crippen LogP) is 3.99. The smallest absolute Gasteiger partial charge is 0.225 e. The number of aryl methyl sites for hydroxylation is 1. The summed E-state index contributed by atoms with van der Waals surface area (Å²) in [5, 5.41) is 3.82. The Morgan fingerprint density at radius 2 is 1.81 bits per heavy atom. The quantitative estimate of drug-likeness (QED) is 0.671. The van der Waals surface area contributed by atoms with Crippen molar-refractivity contribution in [3.05, 3.63) is 64.7 Å². The minimum atomic E-state index is -0.0239. The van der Waals surface area contributed by atoms with Gasteiger partial charge >= 0.3 is 0 Å². The number of para-hydroxylation sites is 1. The van der Waals surface area contributed by atoms with Crippen molar-refractivity contribution >= 4 is 17.2 Å². The number of carbonyl (C=O) groups is 1. The van der Waals surface area contributed by atoms with Crippen LogP contribution in [0.5, 0.6) is 11.5 Å². The summed E-state index contributed by atoms with van der Waals surface area (Å²) < 4.78 is 10.6. The minimum Gasteiger partial charge on any atom is -0.497 e. The molecule has 3 rings (SSSR count). The van der Waals surface area contributed by atoms with Crippen LogP contribution in [0.2, 0.25) is 0 Å². The molecule has 27 heavy (non-hydrogen) atoms. The Balaban J connectivity index is 1.65. The van der Waals surface area contributed by atoms with E-state index in [1.165, 1.54) is 11.3 Å². The number of benzene rings is 2. The molecule has 5 nitrogen and oxygen atoms in total. The average Bonchev–Trinajstić information content (AvgIpc) is 3.06. The second-order valence-electron chi connectivity index (χ2n) is 6.03. The van der Waals surface area contributed by atoms with Crippen LogP contribution in [0, 0.1) is 6.92 Å². The SMILES string of the molecule is COc1ccc(CNC(=O)Cc2sc(-c3ccccc3OC)nc2C)cc1. The van der Waals surface area contributed by atoms with Crippen molar-refractivity contribution in [1.82, 2.24) is 10.3 Å². The summed E-state index contributed by atoms with van der Waals surface area (Å²) in [6.07, 6.45) is 0.314. The second-order valence-corrected chi connectivity index (χ2v) is 7.11. The third kappa shape index (κ3) is 4.65. The van der Waals surface area contributed by atoms with Crippen LogP contribution >= 0.6 is 11.3 Å². The van der Waals surface area contributed by atoms with Crippen molar-refractivity contribution < 1.29 is 14.3 Å². The molecule has 1 amide bonds. The summed E-state index contributed by atoms with van der Waals surface area (Å²) in [6.45, 7) is 2.42. The number of hydrogen-bond donors (Lipinski definition) is 1. The van der Waals surface area contributed by atoms with Crippen molar-refractivity contribution in [2.45, 2.75) is 19.9 Å². The van der Waals surface area contributed by atoms with E-state index in [0.717, 1.165) is 38.2 Å². The van der Waals surface area contributed by atoms with Gasteiger partial charge in [0.25, 0.3) is 0 Å². The highest BCUT2D eigenvalue weighted by Gasteiger charge is 2.15. The molecular formula is C21H22N2O3S. The van der Waals surface area contributed by atoms with E-state index < -0.39 is 0 Å². The highest BCUT2D eigenvalue weighted by Crippen LogP contribution is 2.34. The molecule has 140 valence electrons. The van der Waals surface area contributed by atoms with E-state index in [9.17, 15) is 4.79 Å². The molecule has 0 aliphatic carbocycles. The first kappa shape index (κ1) is 18.9. The van der Waals surface area contributed by atoms with E-state index in [1.807, 2.05) is 55.5 Å². The van der Waals surface area contributed by atoms with Gasteiger partial charge in [-0.15, -0.1) is 11.3 Å². The first-order valence-corrected chi connectivity index (χ1v) is 9.41. The number of methoxy groups -OCH3 is 2. The van der Waals surface area contributed by atoms with Gasteiger partial charge in [0, 0.05) is 11.4 Å². The zero-order valence-corrected chi connectivity index (χ0v) is 16.4. The van der Waals surface area contributed by atoms with Crippen LogP contribution in [0.25, 0.3) is 10.6 Å².